The Kier molecular flexibility index (Phi) is 2.89. The van der Waals surface area contributed by atoms with E-state index in [0.717, 1.165) is 6.54 Å². The third-order valence-corrected chi connectivity index (χ3v) is 4.79. The van der Waals surface area contributed by atoms with E-state index in [1.54, 1.807) is 0 Å². The molecule has 0 bridgehead atoms. The summed E-state index contributed by atoms with van der Waals surface area (Å²) in [5, 5.41) is 4.84. The summed E-state index contributed by atoms with van der Waals surface area (Å²) >= 11 is 1.88. The molecular formula is C14H18N2S. The third kappa shape index (κ3) is 2.09. The van der Waals surface area contributed by atoms with Gasteiger partial charge in [0.2, 0.25) is 0 Å². The first-order chi connectivity index (χ1) is 8.24. The topological polar surface area (TPSA) is 24.9 Å². The molecule has 1 aromatic carbocycles. The summed E-state index contributed by atoms with van der Waals surface area (Å²) in [5.74, 6) is 0.656. The highest BCUT2D eigenvalue weighted by molar-refractivity contribution is 7.18. The second-order valence-electron chi connectivity index (χ2n) is 5.05. The Morgan fingerprint density at radius 1 is 1.41 bits per heavy atom. The zero-order chi connectivity index (χ0) is 11.8. The van der Waals surface area contributed by atoms with Gasteiger partial charge in [-0.25, -0.2) is 4.98 Å². The van der Waals surface area contributed by atoms with Gasteiger partial charge >= 0.3 is 0 Å². The lowest BCUT2D eigenvalue weighted by molar-refractivity contribution is 0.381. The highest BCUT2D eigenvalue weighted by atomic mass is 32.1. The monoisotopic (exact) mass is 246 g/mol. The summed E-state index contributed by atoms with van der Waals surface area (Å²) in [6.45, 7) is 5.54. The number of aromatic nitrogens is 1. The van der Waals surface area contributed by atoms with Crippen LogP contribution in [-0.2, 0) is 0 Å². The maximum absolute atomic E-state index is 4.86. The van der Waals surface area contributed by atoms with Crippen LogP contribution < -0.4 is 5.32 Å². The largest absolute Gasteiger partial charge is 0.314 e. The standard InChI is InChI=1S/C14H18N2S/c1-9-4-3-5-12-13(9)16-14(17-12)11-6-7-15-10(2)8-11/h3-5,10-11,15H,6-8H2,1-2H3/t10-,11+/m0/s1. The van der Waals surface area contributed by atoms with E-state index >= 15 is 0 Å². The van der Waals surface area contributed by atoms with Gasteiger partial charge in [-0.05, 0) is 44.9 Å². The van der Waals surface area contributed by atoms with Gasteiger partial charge in [-0.3, -0.25) is 0 Å². The molecule has 0 radical (unpaired) electrons. The summed E-state index contributed by atoms with van der Waals surface area (Å²) < 4.78 is 1.34. The second kappa shape index (κ2) is 4.39. The molecule has 1 aliphatic rings. The SMILES string of the molecule is Cc1cccc2sc([C@@H]3CCN[C@@H](C)C3)nc12. The van der Waals surface area contributed by atoms with Crippen LogP contribution in [0.4, 0.5) is 0 Å². The summed E-state index contributed by atoms with van der Waals surface area (Å²) in [5.41, 5.74) is 2.51. The van der Waals surface area contributed by atoms with Crippen molar-refractivity contribution in [3.63, 3.8) is 0 Å². The first-order valence-electron chi connectivity index (χ1n) is 6.33. The molecule has 2 aromatic rings. The van der Waals surface area contributed by atoms with Gasteiger partial charge in [0.1, 0.15) is 0 Å². The average Bonchev–Trinajstić information content (AvgIpc) is 2.74. The number of hydrogen-bond donors (Lipinski definition) is 1. The third-order valence-electron chi connectivity index (χ3n) is 3.61. The number of nitrogens with zero attached hydrogens (tertiary/aromatic N) is 1. The van der Waals surface area contributed by atoms with E-state index in [4.69, 9.17) is 4.98 Å². The fourth-order valence-corrected chi connectivity index (χ4v) is 3.83. The van der Waals surface area contributed by atoms with Gasteiger partial charge in [0.05, 0.1) is 15.2 Å². The lowest BCUT2D eigenvalue weighted by Crippen LogP contribution is -2.34. The molecule has 90 valence electrons. The van der Waals surface area contributed by atoms with E-state index in [2.05, 4.69) is 37.4 Å². The van der Waals surface area contributed by atoms with Crippen molar-refractivity contribution in [3.05, 3.63) is 28.8 Å². The first-order valence-corrected chi connectivity index (χ1v) is 7.15. The molecule has 0 amide bonds. The molecule has 1 aromatic heterocycles. The number of fused-ring (bicyclic) bond motifs is 1. The van der Waals surface area contributed by atoms with E-state index in [1.807, 2.05) is 11.3 Å². The van der Waals surface area contributed by atoms with Crippen molar-refractivity contribution in [2.45, 2.75) is 38.6 Å². The molecule has 2 atom stereocenters. The molecule has 0 aliphatic carbocycles. The summed E-state index contributed by atoms with van der Waals surface area (Å²) in [7, 11) is 0. The van der Waals surface area contributed by atoms with Crippen molar-refractivity contribution < 1.29 is 0 Å². The zero-order valence-electron chi connectivity index (χ0n) is 10.4. The Bertz CT molecular complexity index is 532. The summed E-state index contributed by atoms with van der Waals surface area (Å²) in [6, 6.07) is 7.09. The Hall–Kier alpha value is -0.930. The van der Waals surface area contributed by atoms with Crippen LogP contribution >= 0.6 is 11.3 Å². The lowest BCUT2D eigenvalue weighted by atomic mass is 9.94. The van der Waals surface area contributed by atoms with Crippen LogP contribution in [0.5, 0.6) is 0 Å². The van der Waals surface area contributed by atoms with E-state index in [9.17, 15) is 0 Å². The first kappa shape index (κ1) is 11.2. The van der Waals surface area contributed by atoms with Gasteiger partial charge in [-0.1, -0.05) is 12.1 Å². The zero-order valence-corrected chi connectivity index (χ0v) is 11.2. The van der Waals surface area contributed by atoms with E-state index in [0.29, 0.717) is 12.0 Å². The van der Waals surface area contributed by atoms with Crippen LogP contribution in [-0.4, -0.2) is 17.6 Å². The van der Waals surface area contributed by atoms with Crippen LogP contribution in [0, 0.1) is 6.92 Å². The Morgan fingerprint density at radius 3 is 3.06 bits per heavy atom. The van der Waals surface area contributed by atoms with Gasteiger partial charge in [0, 0.05) is 12.0 Å². The molecular weight excluding hydrogens is 228 g/mol. The van der Waals surface area contributed by atoms with Crippen molar-refractivity contribution in [3.8, 4) is 0 Å². The number of thiazole rings is 1. The minimum absolute atomic E-state index is 0.627. The minimum Gasteiger partial charge on any atom is -0.314 e. The molecule has 17 heavy (non-hydrogen) atoms. The van der Waals surface area contributed by atoms with Gasteiger partial charge in [-0.15, -0.1) is 11.3 Å². The van der Waals surface area contributed by atoms with Crippen molar-refractivity contribution in [2.24, 2.45) is 0 Å². The van der Waals surface area contributed by atoms with E-state index in [1.165, 1.54) is 33.6 Å². The summed E-state index contributed by atoms with van der Waals surface area (Å²) in [6.07, 6.45) is 2.45. The smallest absolute Gasteiger partial charge is 0.0970 e. The number of nitrogens with one attached hydrogen (secondary N) is 1. The number of benzene rings is 1. The van der Waals surface area contributed by atoms with Gasteiger partial charge in [-0.2, -0.15) is 0 Å². The predicted molar refractivity (Wildman–Crippen MR) is 73.8 cm³/mol. The normalized spacial score (nSPS) is 25.3. The Labute approximate surface area is 106 Å². The number of para-hydroxylation sites is 1. The quantitative estimate of drug-likeness (QED) is 0.833. The van der Waals surface area contributed by atoms with Crippen LogP contribution in [0.2, 0.25) is 0 Å². The van der Waals surface area contributed by atoms with Gasteiger partial charge < -0.3 is 5.32 Å². The molecule has 1 saturated heterocycles. The predicted octanol–water partition coefficient (Wildman–Crippen LogP) is 3.46. The number of rotatable bonds is 1. The van der Waals surface area contributed by atoms with Crippen LogP contribution in [0.3, 0.4) is 0 Å². The number of piperidine rings is 1. The Balaban J connectivity index is 1.97. The maximum Gasteiger partial charge on any atom is 0.0970 e. The van der Waals surface area contributed by atoms with Crippen LogP contribution in [0.1, 0.15) is 36.3 Å². The molecule has 2 heterocycles. The number of aryl methyl sites for hydroxylation is 1. The van der Waals surface area contributed by atoms with E-state index in [-0.39, 0.29) is 0 Å². The highest BCUT2D eigenvalue weighted by Crippen LogP contribution is 2.34. The van der Waals surface area contributed by atoms with Crippen molar-refractivity contribution in [2.75, 3.05) is 6.54 Å². The fourth-order valence-electron chi connectivity index (χ4n) is 2.63. The van der Waals surface area contributed by atoms with Crippen molar-refractivity contribution >= 4 is 21.6 Å². The van der Waals surface area contributed by atoms with Crippen molar-refractivity contribution in [1.29, 1.82) is 0 Å². The molecule has 3 heteroatoms. The Morgan fingerprint density at radius 2 is 2.29 bits per heavy atom. The molecule has 1 aliphatic heterocycles. The highest BCUT2D eigenvalue weighted by Gasteiger charge is 2.22. The molecule has 1 fully saturated rings. The van der Waals surface area contributed by atoms with Crippen molar-refractivity contribution in [1.82, 2.24) is 10.3 Å². The molecule has 0 spiro atoms. The fraction of sp³-hybridized carbons (Fsp3) is 0.500. The molecule has 1 N–H and O–H groups in total. The molecule has 3 rings (SSSR count). The maximum atomic E-state index is 4.86. The lowest BCUT2D eigenvalue weighted by Gasteiger charge is -2.26. The van der Waals surface area contributed by atoms with E-state index < -0.39 is 0 Å². The molecule has 0 saturated carbocycles. The second-order valence-corrected chi connectivity index (χ2v) is 6.11. The van der Waals surface area contributed by atoms with Crippen LogP contribution in [0.15, 0.2) is 18.2 Å². The minimum atomic E-state index is 0.627. The summed E-state index contributed by atoms with van der Waals surface area (Å²) in [4.78, 5) is 4.86. The average molecular weight is 246 g/mol. The van der Waals surface area contributed by atoms with Gasteiger partial charge in [0.25, 0.3) is 0 Å². The molecule has 2 nitrogen and oxygen atoms in total. The number of hydrogen-bond acceptors (Lipinski definition) is 3. The molecule has 0 unspecified atom stereocenters. The van der Waals surface area contributed by atoms with Crippen LogP contribution in [0.25, 0.3) is 10.2 Å². The van der Waals surface area contributed by atoms with Gasteiger partial charge in [0.15, 0.2) is 0 Å².